The smallest absolute Gasteiger partial charge is 0.342 e. The number of fused-ring (bicyclic) bond motifs is 1. The second-order valence-corrected chi connectivity index (χ2v) is 13.8. The van der Waals surface area contributed by atoms with Crippen molar-refractivity contribution < 1.29 is 24.2 Å². The van der Waals surface area contributed by atoms with Gasteiger partial charge in [0.2, 0.25) is 5.60 Å². The van der Waals surface area contributed by atoms with Crippen LogP contribution in [-0.2, 0) is 24.7 Å². The van der Waals surface area contributed by atoms with Gasteiger partial charge in [-0.1, -0.05) is 37.8 Å². The summed E-state index contributed by atoms with van der Waals surface area (Å²) in [5, 5.41) is 10.7. The van der Waals surface area contributed by atoms with Crippen LogP contribution in [0.15, 0.2) is 30.3 Å². The molecule has 7 heteroatoms. The monoisotopic (exact) mass is 380 g/mol. The first kappa shape index (κ1) is 19.8. The minimum Gasteiger partial charge on any atom is -0.479 e. The van der Waals surface area contributed by atoms with Crippen molar-refractivity contribution in [3.63, 3.8) is 0 Å². The van der Waals surface area contributed by atoms with Crippen LogP contribution in [-0.4, -0.2) is 38.8 Å². The SMILES string of the molecule is C[Si](C)(C)CCOCOC(CC=O)(C(=O)O)c1cc2ccccc2s1. The molecule has 1 heterocycles. The average Bonchev–Trinajstić information content (AvgIpc) is 2.96. The van der Waals surface area contributed by atoms with Gasteiger partial charge in [-0.25, -0.2) is 4.79 Å². The van der Waals surface area contributed by atoms with Gasteiger partial charge in [-0.15, -0.1) is 11.3 Å². The van der Waals surface area contributed by atoms with Gasteiger partial charge in [0, 0.05) is 30.7 Å². The number of rotatable bonds is 10. The van der Waals surface area contributed by atoms with Crippen molar-refractivity contribution in [1.82, 2.24) is 0 Å². The Morgan fingerprint density at radius 2 is 2.04 bits per heavy atom. The van der Waals surface area contributed by atoms with E-state index in [2.05, 4.69) is 19.6 Å². The maximum absolute atomic E-state index is 12.0. The minimum absolute atomic E-state index is 0.154. The van der Waals surface area contributed by atoms with E-state index in [4.69, 9.17) is 9.47 Å². The number of ether oxygens (including phenoxy) is 2. The molecule has 1 atom stereocenters. The highest BCUT2D eigenvalue weighted by molar-refractivity contribution is 7.19. The van der Waals surface area contributed by atoms with Crippen LogP contribution >= 0.6 is 11.3 Å². The van der Waals surface area contributed by atoms with E-state index in [-0.39, 0.29) is 13.2 Å². The van der Waals surface area contributed by atoms with Crippen LogP contribution in [0.25, 0.3) is 10.1 Å². The van der Waals surface area contributed by atoms with E-state index in [0.717, 1.165) is 16.1 Å². The van der Waals surface area contributed by atoms with E-state index >= 15 is 0 Å². The minimum atomic E-state index is -1.70. The number of carboxylic acid groups (broad SMARTS) is 1. The molecule has 1 aromatic heterocycles. The molecule has 0 saturated carbocycles. The Hall–Kier alpha value is -1.54. The number of carbonyl (C=O) groups excluding carboxylic acids is 1. The van der Waals surface area contributed by atoms with E-state index in [1.54, 1.807) is 6.07 Å². The fraction of sp³-hybridized carbons (Fsp3) is 0.444. The molecule has 136 valence electrons. The summed E-state index contributed by atoms with van der Waals surface area (Å²) in [6.45, 7) is 7.09. The Kier molecular flexibility index (Phi) is 6.51. The summed E-state index contributed by atoms with van der Waals surface area (Å²) < 4.78 is 12.1. The molecule has 0 fully saturated rings. The van der Waals surface area contributed by atoms with Crippen molar-refractivity contribution in [2.45, 2.75) is 37.7 Å². The molecule has 5 nitrogen and oxygen atoms in total. The van der Waals surface area contributed by atoms with Gasteiger partial charge >= 0.3 is 5.97 Å². The lowest BCUT2D eigenvalue weighted by Crippen LogP contribution is -2.39. The Bertz CT molecular complexity index is 703. The van der Waals surface area contributed by atoms with E-state index in [1.807, 2.05) is 24.3 Å². The third-order valence-corrected chi connectivity index (χ3v) is 6.89. The zero-order chi connectivity index (χ0) is 18.5. The molecule has 2 rings (SSSR count). The van der Waals surface area contributed by atoms with Gasteiger partial charge in [0.15, 0.2) is 0 Å². The molecule has 1 N–H and O–H groups in total. The first-order valence-electron chi connectivity index (χ1n) is 8.16. The summed E-state index contributed by atoms with van der Waals surface area (Å²) >= 11 is 1.33. The van der Waals surface area contributed by atoms with Gasteiger partial charge < -0.3 is 19.4 Å². The second kappa shape index (κ2) is 8.22. The molecule has 0 radical (unpaired) electrons. The number of carboxylic acids is 1. The van der Waals surface area contributed by atoms with Crippen molar-refractivity contribution in [3.05, 3.63) is 35.2 Å². The molecule has 0 spiro atoms. The summed E-state index contributed by atoms with van der Waals surface area (Å²) in [5.41, 5.74) is -1.70. The zero-order valence-corrected chi connectivity index (χ0v) is 16.6. The van der Waals surface area contributed by atoms with Crippen molar-refractivity contribution in [2.24, 2.45) is 0 Å². The van der Waals surface area contributed by atoms with Crippen LogP contribution in [0.3, 0.4) is 0 Å². The average molecular weight is 381 g/mol. The first-order valence-corrected chi connectivity index (χ1v) is 12.7. The molecule has 1 unspecified atom stereocenters. The fourth-order valence-electron chi connectivity index (χ4n) is 2.36. The lowest BCUT2D eigenvalue weighted by Gasteiger charge is -2.27. The maximum atomic E-state index is 12.0. The first-order chi connectivity index (χ1) is 11.8. The number of carbonyl (C=O) groups is 2. The third-order valence-electron chi connectivity index (χ3n) is 3.92. The Balaban J connectivity index is 2.19. The van der Waals surface area contributed by atoms with Crippen molar-refractivity contribution >= 4 is 41.8 Å². The maximum Gasteiger partial charge on any atom is 0.342 e. The van der Waals surface area contributed by atoms with Crippen molar-refractivity contribution in [3.8, 4) is 0 Å². The summed E-state index contributed by atoms with van der Waals surface area (Å²) in [4.78, 5) is 23.6. The van der Waals surface area contributed by atoms with Gasteiger partial charge in [-0.05, 0) is 23.6 Å². The summed E-state index contributed by atoms with van der Waals surface area (Å²) in [6, 6.07) is 10.4. The number of thiophene rings is 1. The van der Waals surface area contributed by atoms with E-state index in [9.17, 15) is 14.7 Å². The Morgan fingerprint density at radius 1 is 1.32 bits per heavy atom. The zero-order valence-electron chi connectivity index (χ0n) is 14.8. The molecule has 0 aliphatic carbocycles. The topological polar surface area (TPSA) is 72.8 Å². The van der Waals surface area contributed by atoms with Crippen LogP contribution in [0.1, 0.15) is 11.3 Å². The van der Waals surface area contributed by atoms with Crippen molar-refractivity contribution in [2.75, 3.05) is 13.4 Å². The quantitative estimate of drug-likeness (QED) is 0.291. The fourth-order valence-corrected chi connectivity index (χ4v) is 4.33. The van der Waals surface area contributed by atoms with Gasteiger partial charge in [0.25, 0.3) is 0 Å². The molecule has 2 aromatic rings. The molecule has 25 heavy (non-hydrogen) atoms. The third kappa shape index (κ3) is 4.98. The highest BCUT2D eigenvalue weighted by atomic mass is 32.1. The molecular weight excluding hydrogens is 356 g/mol. The van der Waals surface area contributed by atoms with Crippen molar-refractivity contribution in [1.29, 1.82) is 0 Å². The number of aldehydes is 1. The molecule has 0 amide bonds. The number of benzene rings is 1. The Morgan fingerprint density at radius 3 is 2.64 bits per heavy atom. The predicted octanol–water partition coefficient (Wildman–Crippen LogP) is 4.10. The highest BCUT2D eigenvalue weighted by Crippen LogP contribution is 2.38. The normalized spacial score (nSPS) is 14.4. The summed E-state index contributed by atoms with van der Waals surface area (Å²) in [6.07, 6.45) is 0.326. The van der Waals surface area contributed by atoms with E-state index in [1.165, 1.54) is 11.3 Å². The lowest BCUT2D eigenvalue weighted by molar-refractivity contribution is -0.188. The number of hydrogen-bond donors (Lipinski definition) is 1. The molecule has 1 aromatic carbocycles. The van der Waals surface area contributed by atoms with Crippen LogP contribution in [0.2, 0.25) is 25.7 Å². The van der Waals surface area contributed by atoms with Crippen LogP contribution in [0, 0.1) is 0 Å². The van der Waals surface area contributed by atoms with E-state index in [0.29, 0.717) is 17.8 Å². The standard InChI is InChI=1S/C18H24O5SSi/c1-25(2,3)11-10-22-13-23-18(8-9-19,17(20)21)16-12-14-6-4-5-7-15(14)24-16/h4-7,9,12H,8,10-11,13H2,1-3H3,(H,20,21). The van der Waals surface area contributed by atoms with Crippen LogP contribution in [0.5, 0.6) is 0 Å². The number of hydrogen-bond acceptors (Lipinski definition) is 5. The molecular formula is C18H24O5SSi. The predicted molar refractivity (Wildman–Crippen MR) is 102 cm³/mol. The largest absolute Gasteiger partial charge is 0.479 e. The summed E-state index contributed by atoms with van der Waals surface area (Å²) in [7, 11) is -1.23. The van der Waals surface area contributed by atoms with Gasteiger partial charge in [0.05, 0.1) is 0 Å². The lowest BCUT2D eigenvalue weighted by atomic mass is 9.98. The Labute approximate surface area is 152 Å². The molecule has 0 bridgehead atoms. The van der Waals surface area contributed by atoms with Gasteiger partial charge in [-0.3, -0.25) is 0 Å². The number of aliphatic carboxylic acids is 1. The van der Waals surface area contributed by atoms with Crippen LogP contribution in [0.4, 0.5) is 0 Å². The van der Waals surface area contributed by atoms with Gasteiger partial charge in [-0.2, -0.15) is 0 Å². The molecule has 0 aliphatic rings. The molecule has 0 aliphatic heterocycles. The second-order valence-electron chi connectivity index (χ2n) is 7.13. The summed E-state index contributed by atoms with van der Waals surface area (Å²) in [5.74, 6) is -1.18. The van der Waals surface area contributed by atoms with Gasteiger partial charge in [0.1, 0.15) is 13.1 Å². The van der Waals surface area contributed by atoms with E-state index < -0.39 is 19.6 Å². The van der Waals surface area contributed by atoms with Crippen LogP contribution < -0.4 is 0 Å². The molecule has 0 saturated heterocycles. The highest BCUT2D eigenvalue weighted by Gasteiger charge is 2.43.